The van der Waals surface area contributed by atoms with Crippen molar-refractivity contribution in [3.8, 4) is 0 Å². The SMILES string of the molecule is Cl.O=C(CC1CCNCC1)NCC1CSCCS1. The maximum atomic E-state index is 11.8. The molecule has 2 rings (SSSR count). The van der Waals surface area contributed by atoms with E-state index in [0.717, 1.165) is 38.9 Å². The second-order valence-electron chi connectivity index (χ2n) is 4.77. The van der Waals surface area contributed by atoms with Crippen LogP contribution in [0, 0.1) is 5.92 Å². The summed E-state index contributed by atoms with van der Waals surface area (Å²) in [6.45, 7) is 3.02. The van der Waals surface area contributed by atoms with Crippen LogP contribution in [0.3, 0.4) is 0 Å². The zero-order chi connectivity index (χ0) is 11.9. The average Bonchev–Trinajstić information content (AvgIpc) is 2.39. The highest BCUT2D eigenvalue weighted by Gasteiger charge is 2.18. The van der Waals surface area contributed by atoms with Gasteiger partial charge in [-0.1, -0.05) is 0 Å². The Bertz CT molecular complexity index is 244. The zero-order valence-electron chi connectivity index (χ0n) is 10.7. The monoisotopic (exact) mass is 310 g/mol. The van der Waals surface area contributed by atoms with Crippen LogP contribution >= 0.6 is 35.9 Å². The number of amides is 1. The van der Waals surface area contributed by atoms with E-state index in [-0.39, 0.29) is 18.3 Å². The third-order valence-corrected chi connectivity index (χ3v) is 6.19. The summed E-state index contributed by atoms with van der Waals surface area (Å²) in [6, 6.07) is 0. The molecule has 1 atom stereocenters. The van der Waals surface area contributed by atoms with Crippen molar-refractivity contribution >= 4 is 41.8 Å². The summed E-state index contributed by atoms with van der Waals surface area (Å²) < 4.78 is 0. The van der Waals surface area contributed by atoms with Gasteiger partial charge in [-0.2, -0.15) is 23.5 Å². The van der Waals surface area contributed by atoms with E-state index in [2.05, 4.69) is 10.6 Å². The lowest BCUT2D eigenvalue weighted by molar-refractivity contribution is -0.122. The highest BCUT2D eigenvalue weighted by molar-refractivity contribution is 8.06. The van der Waals surface area contributed by atoms with E-state index in [9.17, 15) is 4.79 Å². The maximum absolute atomic E-state index is 11.8. The fourth-order valence-corrected chi connectivity index (χ4v) is 4.91. The minimum atomic E-state index is 0. The average molecular weight is 311 g/mol. The van der Waals surface area contributed by atoms with Gasteiger partial charge in [0, 0.05) is 35.5 Å². The number of piperidine rings is 1. The molecule has 0 radical (unpaired) electrons. The van der Waals surface area contributed by atoms with Crippen molar-refractivity contribution in [1.29, 1.82) is 0 Å². The van der Waals surface area contributed by atoms with E-state index in [1.165, 1.54) is 17.3 Å². The van der Waals surface area contributed by atoms with Crippen LogP contribution < -0.4 is 10.6 Å². The summed E-state index contributed by atoms with van der Waals surface area (Å²) >= 11 is 4.02. The Labute approximate surface area is 124 Å². The third-order valence-electron chi connectivity index (χ3n) is 3.34. The van der Waals surface area contributed by atoms with Crippen LogP contribution in [0.2, 0.25) is 0 Å². The summed E-state index contributed by atoms with van der Waals surface area (Å²) in [7, 11) is 0. The molecule has 2 heterocycles. The zero-order valence-corrected chi connectivity index (χ0v) is 13.1. The first kappa shape index (κ1) is 16.5. The predicted molar refractivity (Wildman–Crippen MR) is 84.0 cm³/mol. The van der Waals surface area contributed by atoms with Gasteiger partial charge in [-0.25, -0.2) is 0 Å². The first-order chi connectivity index (χ1) is 8.34. The molecule has 2 aliphatic heterocycles. The van der Waals surface area contributed by atoms with Crippen molar-refractivity contribution in [2.24, 2.45) is 5.92 Å². The van der Waals surface area contributed by atoms with Gasteiger partial charge in [0.25, 0.3) is 0 Å². The number of thioether (sulfide) groups is 2. The van der Waals surface area contributed by atoms with Crippen molar-refractivity contribution in [2.75, 3.05) is 36.9 Å². The quantitative estimate of drug-likeness (QED) is 0.830. The Kier molecular flexibility index (Phi) is 8.55. The lowest BCUT2D eigenvalue weighted by Crippen LogP contribution is -2.36. The Morgan fingerprint density at radius 1 is 1.28 bits per heavy atom. The van der Waals surface area contributed by atoms with Gasteiger partial charge < -0.3 is 10.6 Å². The Hall–Kier alpha value is 0.420. The molecule has 106 valence electrons. The first-order valence-electron chi connectivity index (χ1n) is 6.51. The van der Waals surface area contributed by atoms with E-state index in [4.69, 9.17) is 0 Å². The van der Waals surface area contributed by atoms with Gasteiger partial charge in [0.1, 0.15) is 0 Å². The second-order valence-corrected chi connectivity index (χ2v) is 7.33. The van der Waals surface area contributed by atoms with Crippen LogP contribution in [0.25, 0.3) is 0 Å². The van der Waals surface area contributed by atoms with Crippen LogP contribution in [0.15, 0.2) is 0 Å². The van der Waals surface area contributed by atoms with Gasteiger partial charge in [-0.3, -0.25) is 4.79 Å². The molecule has 6 heteroatoms. The minimum absolute atomic E-state index is 0. The number of carbonyl (C=O) groups is 1. The van der Waals surface area contributed by atoms with Crippen molar-refractivity contribution in [3.63, 3.8) is 0 Å². The van der Waals surface area contributed by atoms with E-state index < -0.39 is 0 Å². The molecule has 2 N–H and O–H groups in total. The fourth-order valence-electron chi connectivity index (χ4n) is 2.30. The Morgan fingerprint density at radius 3 is 2.72 bits per heavy atom. The van der Waals surface area contributed by atoms with Gasteiger partial charge in [-0.15, -0.1) is 12.4 Å². The number of carbonyl (C=O) groups excluding carboxylic acids is 1. The number of hydrogen-bond acceptors (Lipinski definition) is 4. The molecule has 2 fully saturated rings. The predicted octanol–water partition coefficient (Wildman–Crippen LogP) is 1.76. The van der Waals surface area contributed by atoms with Crippen molar-refractivity contribution in [2.45, 2.75) is 24.5 Å². The van der Waals surface area contributed by atoms with Gasteiger partial charge in [-0.05, 0) is 31.8 Å². The molecule has 18 heavy (non-hydrogen) atoms. The van der Waals surface area contributed by atoms with E-state index in [0.29, 0.717) is 11.2 Å². The molecule has 3 nitrogen and oxygen atoms in total. The Morgan fingerprint density at radius 2 is 2.06 bits per heavy atom. The number of nitrogens with one attached hydrogen (secondary N) is 2. The number of rotatable bonds is 4. The molecule has 1 amide bonds. The summed E-state index contributed by atoms with van der Waals surface area (Å²) in [5.74, 6) is 4.56. The van der Waals surface area contributed by atoms with Gasteiger partial charge in [0.05, 0.1) is 0 Å². The second kappa shape index (κ2) is 9.34. The third kappa shape index (κ3) is 6.04. The summed E-state index contributed by atoms with van der Waals surface area (Å²) in [4.78, 5) is 11.8. The van der Waals surface area contributed by atoms with E-state index >= 15 is 0 Å². The normalized spacial score (nSPS) is 25.2. The first-order valence-corrected chi connectivity index (χ1v) is 8.71. The van der Waals surface area contributed by atoms with Gasteiger partial charge >= 0.3 is 0 Å². The highest BCUT2D eigenvalue weighted by atomic mass is 35.5. The highest BCUT2D eigenvalue weighted by Crippen LogP contribution is 2.23. The number of hydrogen-bond donors (Lipinski definition) is 2. The molecule has 2 aliphatic rings. The molecule has 1 unspecified atom stereocenters. The maximum Gasteiger partial charge on any atom is 0.220 e. The van der Waals surface area contributed by atoms with E-state index in [1.807, 2.05) is 23.5 Å². The van der Waals surface area contributed by atoms with Crippen LogP contribution in [-0.2, 0) is 4.79 Å². The standard InChI is InChI=1S/C12H22N2OS2.ClH/c15-12(7-10-1-3-13-4-2-10)14-8-11-9-16-5-6-17-11;/h10-11,13H,1-9H2,(H,14,15);1H. The van der Waals surface area contributed by atoms with Crippen LogP contribution in [0.1, 0.15) is 19.3 Å². The fraction of sp³-hybridized carbons (Fsp3) is 0.917. The van der Waals surface area contributed by atoms with Crippen LogP contribution in [0.4, 0.5) is 0 Å². The summed E-state index contributed by atoms with van der Waals surface area (Å²) in [5.41, 5.74) is 0. The summed E-state index contributed by atoms with van der Waals surface area (Å²) in [6.07, 6.45) is 3.04. The van der Waals surface area contributed by atoms with Gasteiger partial charge in [0.15, 0.2) is 0 Å². The molecule has 2 saturated heterocycles. The molecule has 0 spiro atoms. The minimum Gasteiger partial charge on any atom is -0.355 e. The van der Waals surface area contributed by atoms with Crippen molar-refractivity contribution in [3.05, 3.63) is 0 Å². The Balaban J connectivity index is 0.00000162. The molecule has 0 aromatic rings. The number of halogens is 1. The lowest BCUT2D eigenvalue weighted by Gasteiger charge is -2.24. The largest absolute Gasteiger partial charge is 0.355 e. The van der Waals surface area contributed by atoms with Crippen LogP contribution in [0.5, 0.6) is 0 Å². The molecule has 0 bridgehead atoms. The van der Waals surface area contributed by atoms with E-state index in [1.54, 1.807) is 0 Å². The summed E-state index contributed by atoms with van der Waals surface area (Å²) in [5, 5.41) is 7.07. The topological polar surface area (TPSA) is 41.1 Å². The smallest absolute Gasteiger partial charge is 0.220 e. The molecule has 0 aromatic carbocycles. The molecule has 0 aliphatic carbocycles. The van der Waals surface area contributed by atoms with Gasteiger partial charge in [0.2, 0.25) is 5.91 Å². The lowest BCUT2D eigenvalue weighted by atomic mass is 9.94. The van der Waals surface area contributed by atoms with Crippen molar-refractivity contribution in [1.82, 2.24) is 10.6 Å². The molecular formula is C12H23ClN2OS2. The molecule has 0 aromatic heterocycles. The van der Waals surface area contributed by atoms with Crippen LogP contribution in [-0.4, -0.2) is 48.0 Å². The molecular weight excluding hydrogens is 288 g/mol. The molecule has 0 saturated carbocycles. The van der Waals surface area contributed by atoms with Crippen molar-refractivity contribution < 1.29 is 4.79 Å².